The normalized spacial score (nSPS) is 11.1. The zero-order chi connectivity index (χ0) is 15.7. The van der Waals surface area contributed by atoms with E-state index >= 15 is 0 Å². The number of benzene rings is 1. The fourth-order valence-electron chi connectivity index (χ4n) is 1.68. The van der Waals surface area contributed by atoms with Gasteiger partial charge in [0.15, 0.2) is 0 Å². The number of carbonyl (C=O) groups is 2. The molecule has 0 aromatic heterocycles. The number of hydrogen-bond donors (Lipinski definition) is 2. The third-order valence-corrected chi connectivity index (χ3v) is 2.86. The van der Waals surface area contributed by atoms with Crippen molar-refractivity contribution < 1.29 is 9.59 Å². The molecule has 21 heavy (non-hydrogen) atoms. The highest BCUT2D eigenvalue weighted by molar-refractivity contribution is 5.81. The Morgan fingerprint density at radius 1 is 1.19 bits per heavy atom. The molecule has 0 aliphatic heterocycles. The summed E-state index contributed by atoms with van der Waals surface area (Å²) in [6, 6.07) is 11.2. The first-order valence-electron chi connectivity index (χ1n) is 6.71. The van der Waals surface area contributed by atoms with Gasteiger partial charge in [-0.15, -0.1) is 0 Å². The number of hydrogen-bond acceptors (Lipinski definition) is 3. The minimum Gasteiger partial charge on any atom is -0.353 e. The molecule has 0 saturated carbocycles. The van der Waals surface area contributed by atoms with Crippen LogP contribution in [0.4, 0.5) is 4.79 Å². The van der Waals surface area contributed by atoms with Gasteiger partial charge in [-0.2, -0.15) is 5.26 Å². The molecular formula is C15H20N4O2. The molecule has 3 amide bonds. The highest BCUT2D eigenvalue weighted by Crippen LogP contribution is 2.08. The van der Waals surface area contributed by atoms with E-state index in [1.54, 1.807) is 14.1 Å². The average Bonchev–Trinajstić information content (AvgIpc) is 2.49. The van der Waals surface area contributed by atoms with E-state index in [9.17, 15) is 9.59 Å². The second-order valence-corrected chi connectivity index (χ2v) is 4.79. The van der Waals surface area contributed by atoms with Crippen LogP contribution in [0.5, 0.6) is 0 Å². The van der Waals surface area contributed by atoms with Crippen molar-refractivity contribution in [3.63, 3.8) is 0 Å². The molecule has 0 bridgehead atoms. The lowest BCUT2D eigenvalue weighted by molar-refractivity contribution is -0.123. The minimum atomic E-state index is -0.725. The molecule has 0 fully saturated rings. The maximum absolute atomic E-state index is 11.9. The summed E-state index contributed by atoms with van der Waals surface area (Å²) in [6.45, 7) is 0.623. The Labute approximate surface area is 124 Å². The Kier molecular flexibility index (Phi) is 6.75. The van der Waals surface area contributed by atoms with E-state index in [4.69, 9.17) is 5.26 Å². The van der Waals surface area contributed by atoms with Crippen LogP contribution in [0, 0.1) is 17.2 Å². The van der Waals surface area contributed by atoms with Gasteiger partial charge >= 0.3 is 6.03 Å². The van der Waals surface area contributed by atoms with Crippen LogP contribution in [0.2, 0.25) is 0 Å². The van der Waals surface area contributed by atoms with Gasteiger partial charge in [-0.1, -0.05) is 30.3 Å². The van der Waals surface area contributed by atoms with Gasteiger partial charge in [-0.05, 0) is 12.0 Å². The van der Waals surface area contributed by atoms with Gasteiger partial charge in [0.1, 0.15) is 5.92 Å². The molecule has 0 radical (unpaired) electrons. The predicted octanol–water partition coefficient (Wildman–Crippen LogP) is 0.756. The quantitative estimate of drug-likeness (QED) is 0.758. The third kappa shape index (κ3) is 5.95. The molecule has 0 spiro atoms. The van der Waals surface area contributed by atoms with Gasteiger partial charge < -0.3 is 15.5 Å². The first-order valence-corrected chi connectivity index (χ1v) is 6.71. The van der Waals surface area contributed by atoms with Gasteiger partial charge in [0.05, 0.1) is 6.07 Å². The maximum atomic E-state index is 11.9. The Bertz CT molecular complexity index is 508. The van der Waals surface area contributed by atoms with Crippen LogP contribution >= 0.6 is 0 Å². The second kappa shape index (κ2) is 8.59. The monoisotopic (exact) mass is 288 g/mol. The van der Waals surface area contributed by atoms with Crippen molar-refractivity contribution in [3.05, 3.63) is 35.9 Å². The number of carbonyl (C=O) groups excluding carboxylic acids is 2. The summed E-state index contributed by atoms with van der Waals surface area (Å²) >= 11 is 0. The largest absolute Gasteiger partial charge is 0.353 e. The number of nitriles is 1. The number of rotatable bonds is 6. The lowest BCUT2D eigenvalue weighted by atomic mass is 10.00. The molecule has 1 atom stereocenters. The van der Waals surface area contributed by atoms with Crippen molar-refractivity contribution in [2.45, 2.75) is 6.42 Å². The number of urea groups is 1. The standard InChI is InChI=1S/C15H20N4O2/c1-19(2)15(21)18-9-8-17-14(20)13(11-16)10-12-6-4-3-5-7-12/h3-7,13H,8-10H2,1-2H3,(H,17,20)(H,18,21). The summed E-state index contributed by atoms with van der Waals surface area (Å²) in [7, 11) is 3.28. The molecule has 0 heterocycles. The lowest BCUT2D eigenvalue weighted by Crippen LogP contribution is -2.41. The van der Waals surface area contributed by atoms with Crippen molar-refractivity contribution in [2.75, 3.05) is 27.2 Å². The summed E-state index contributed by atoms with van der Waals surface area (Å²) in [5, 5.41) is 14.4. The summed E-state index contributed by atoms with van der Waals surface area (Å²) in [5.41, 5.74) is 0.945. The van der Waals surface area contributed by atoms with E-state index in [0.29, 0.717) is 19.5 Å². The molecule has 0 aliphatic carbocycles. The Balaban J connectivity index is 2.36. The van der Waals surface area contributed by atoms with E-state index in [0.717, 1.165) is 5.56 Å². The van der Waals surface area contributed by atoms with Gasteiger partial charge in [0.25, 0.3) is 0 Å². The van der Waals surface area contributed by atoms with E-state index in [-0.39, 0.29) is 11.9 Å². The van der Waals surface area contributed by atoms with Gasteiger partial charge in [0.2, 0.25) is 5.91 Å². The Morgan fingerprint density at radius 3 is 2.38 bits per heavy atom. The van der Waals surface area contributed by atoms with E-state index in [1.165, 1.54) is 4.90 Å². The topological polar surface area (TPSA) is 85.2 Å². The van der Waals surface area contributed by atoms with Gasteiger partial charge in [0, 0.05) is 27.2 Å². The van der Waals surface area contributed by atoms with Crippen molar-refractivity contribution in [3.8, 4) is 6.07 Å². The first kappa shape index (κ1) is 16.5. The van der Waals surface area contributed by atoms with Crippen molar-refractivity contribution in [1.29, 1.82) is 5.26 Å². The van der Waals surface area contributed by atoms with Crippen molar-refractivity contribution in [1.82, 2.24) is 15.5 Å². The Morgan fingerprint density at radius 2 is 1.81 bits per heavy atom. The number of nitrogens with zero attached hydrogens (tertiary/aromatic N) is 2. The molecule has 2 N–H and O–H groups in total. The highest BCUT2D eigenvalue weighted by Gasteiger charge is 2.17. The zero-order valence-corrected chi connectivity index (χ0v) is 12.3. The molecule has 0 aliphatic rings. The molecule has 6 nitrogen and oxygen atoms in total. The fraction of sp³-hybridized carbons (Fsp3) is 0.400. The SMILES string of the molecule is CN(C)C(=O)NCCNC(=O)C(C#N)Cc1ccccc1. The van der Waals surface area contributed by atoms with Crippen LogP contribution in [0.1, 0.15) is 5.56 Å². The molecule has 1 aromatic rings. The van der Waals surface area contributed by atoms with Crippen LogP contribution in [0.15, 0.2) is 30.3 Å². The lowest BCUT2D eigenvalue weighted by Gasteiger charge is -2.13. The van der Waals surface area contributed by atoms with Gasteiger partial charge in [-0.25, -0.2) is 4.79 Å². The van der Waals surface area contributed by atoms with Crippen molar-refractivity contribution >= 4 is 11.9 Å². The molecule has 6 heteroatoms. The van der Waals surface area contributed by atoms with Crippen molar-refractivity contribution in [2.24, 2.45) is 5.92 Å². The molecule has 1 unspecified atom stereocenters. The van der Waals surface area contributed by atoms with Crippen LogP contribution in [-0.4, -0.2) is 44.0 Å². The van der Waals surface area contributed by atoms with Crippen LogP contribution in [0.3, 0.4) is 0 Å². The van der Waals surface area contributed by atoms with Crippen LogP contribution in [-0.2, 0) is 11.2 Å². The summed E-state index contributed by atoms with van der Waals surface area (Å²) in [5.74, 6) is -1.04. The predicted molar refractivity (Wildman–Crippen MR) is 79.3 cm³/mol. The number of nitrogens with one attached hydrogen (secondary N) is 2. The first-order chi connectivity index (χ1) is 10.0. The summed E-state index contributed by atoms with van der Waals surface area (Å²) in [6.07, 6.45) is 0.382. The second-order valence-electron chi connectivity index (χ2n) is 4.79. The third-order valence-electron chi connectivity index (χ3n) is 2.86. The van der Waals surface area contributed by atoms with E-state index in [2.05, 4.69) is 10.6 Å². The number of amides is 3. The van der Waals surface area contributed by atoms with E-state index < -0.39 is 5.92 Å². The van der Waals surface area contributed by atoms with E-state index in [1.807, 2.05) is 36.4 Å². The summed E-state index contributed by atoms with van der Waals surface area (Å²) in [4.78, 5) is 24.6. The van der Waals surface area contributed by atoms with Crippen LogP contribution in [0.25, 0.3) is 0 Å². The maximum Gasteiger partial charge on any atom is 0.316 e. The fourth-order valence-corrected chi connectivity index (χ4v) is 1.68. The smallest absolute Gasteiger partial charge is 0.316 e. The molecule has 0 saturated heterocycles. The Hall–Kier alpha value is -2.55. The molecule has 1 rings (SSSR count). The zero-order valence-electron chi connectivity index (χ0n) is 12.3. The highest BCUT2D eigenvalue weighted by atomic mass is 16.2. The van der Waals surface area contributed by atoms with Crippen LogP contribution < -0.4 is 10.6 Å². The minimum absolute atomic E-state index is 0.217. The molecular weight excluding hydrogens is 268 g/mol. The molecule has 1 aromatic carbocycles. The molecule has 112 valence electrons. The van der Waals surface area contributed by atoms with Gasteiger partial charge in [-0.3, -0.25) is 4.79 Å². The summed E-state index contributed by atoms with van der Waals surface area (Å²) < 4.78 is 0. The average molecular weight is 288 g/mol.